The second-order valence-corrected chi connectivity index (χ2v) is 3.70. The molecule has 0 amide bonds. The van der Waals surface area contributed by atoms with Crippen molar-refractivity contribution >= 4 is 11.8 Å². The van der Waals surface area contributed by atoms with Crippen LogP contribution in [0.25, 0.3) is 0 Å². The molecule has 88 valence electrons. The molecule has 0 aliphatic heterocycles. The maximum Gasteiger partial charge on any atom is 0.371 e. The van der Waals surface area contributed by atoms with Crippen LogP contribution in [-0.4, -0.2) is 16.9 Å². The third-order valence-electron chi connectivity index (χ3n) is 2.35. The van der Waals surface area contributed by atoms with Crippen LogP contribution in [0.2, 0.25) is 0 Å². The van der Waals surface area contributed by atoms with E-state index in [1.54, 1.807) is 0 Å². The molecule has 1 aromatic rings. The Morgan fingerprint density at radius 2 is 1.88 bits per heavy atom. The van der Waals surface area contributed by atoms with E-state index in [1.807, 2.05) is 0 Å². The summed E-state index contributed by atoms with van der Waals surface area (Å²) in [6, 6.07) is 2.73. The van der Waals surface area contributed by atoms with E-state index in [0.29, 0.717) is 6.42 Å². The Labute approximate surface area is 94.3 Å². The molecule has 0 aromatic carbocycles. The number of hydrogen-bond donors (Lipinski definition) is 1. The Morgan fingerprint density at radius 1 is 1.19 bits per heavy atom. The maximum atomic E-state index is 11.6. The molecule has 1 N–H and O–H groups in total. The Hall–Kier alpha value is -1.58. The fourth-order valence-electron chi connectivity index (χ4n) is 1.44. The molecular formula is C12H16O4. The first-order chi connectivity index (χ1) is 7.65. The minimum Gasteiger partial charge on any atom is -0.475 e. The van der Waals surface area contributed by atoms with Crippen molar-refractivity contribution in [1.82, 2.24) is 0 Å². The van der Waals surface area contributed by atoms with Crippen molar-refractivity contribution in [2.75, 3.05) is 0 Å². The summed E-state index contributed by atoms with van der Waals surface area (Å²) in [5, 5.41) is 8.62. The summed E-state index contributed by atoms with van der Waals surface area (Å²) in [4.78, 5) is 22.1. The van der Waals surface area contributed by atoms with Gasteiger partial charge in [-0.1, -0.05) is 26.2 Å². The molecule has 0 fully saturated rings. The number of carbonyl (C=O) groups excluding carboxylic acids is 1. The zero-order valence-electron chi connectivity index (χ0n) is 9.36. The van der Waals surface area contributed by atoms with E-state index in [1.165, 1.54) is 12.1 Å². The molecule has 0 saturated heterocycles. The molecule has 0 atom stereocenters. The van der Waals surface area contributed by atoms with Crippen LogP contribution in [0, 0.1) is 0 Å². The Bertz CT molecular complexity index is 365. The number of carboxylic acids is 1. The van der Waals surface area contributed by atoms with E-state index in [-0.39, 0.29) is 17.3 Å². The molecule has 1 aromatic heterocycles. The second kappa shape index (κ2) is 6.10. The van der Waals surface area contributed by atoms with Gasteiger partial charge in [0.1, 0.15) is 0 Å². The Kier molecular flexibility index (Phi) is 4.76. The highest BCUT2D eigenvalue weighted by atomic mass is 16.4. The number of ketones is 1. The molecule has 0 radical (unpaired) electrons. The van der Waals surface area contributed by atoms with E-state index in [4.69, 9.17) is 9.52 Å². The molecule has 1 heterocycles. The standard InChI is InChI=1S/C12H16O4/c1-2-3-4-5-6-9(13)10-7-8-11(16-10)12(14)15/h7-8H,2-6H2,1H3,(H,14,15). The summed E-state index contributed by atoms with van der Waals surface area (Å²) in [6.07, 6.45) is 4.51. The lowest BCUT2D eigenvalue weighted by molar-refractivity contribution is 0.0660. The minimum atomic E-state index is -1.15. The van der Waals surface area contributed by atoms with Crippen molar-refractivity contribution in [2.24, 2.45) is 0 Å². The zero-order valence-corrected chi connectivity index (χ0v) is 9.36. The lowest BCUT2D eigenvalue weighted by atomic mass is 10.1. The fourth-order valence-corrected chi connectivity index (χ4v) is 1.44. The van der Waals surface area contributed by atoms with Crippen molar-refractivity contribution in [3.05, 3.63) is 23.7 Å². The third-order valence-corrected chi connectivity index (χ3v) is 2.35. The number of Topliss-reactive ketones (excluding diaryl/α,β-unsaturated/α-hetero) is 1. The Balaban J connectivity index is 2.43. The number of furan rings is 1. The van der Waals surface area contributed by atoms with Gasteiger partial charge in [0.25, 0.3) is 0 Å². The highest BCUT2D eigenvalue weighted by molar-refractivity contribution is 5.95. The van der Waals surface area contributed by atoms with Crippen LogP contribution >= 0.6 is 0 Å². The van der Waals surface area contributed by atoms with Gasteiger partial charge < -0.3 is 9.52 Å². The van der Waals surface area contributed by atoms with Gasteiger partial charge in [-0.15, -0.1) is 0 Å². The number of hydrogen-bond acceptors (Lipinski definition) is 3. The van der Waals surface area contributed by atoms with Crippen molar-refractivity contribution in [1.29, 1.82) is 0 Å². The van der Waals surface area contributed by atoms with Crippen LogP contribution in [0.1, 0.15) is 60.1 Å². The van der Waals surface area contributed by atoms with Crippen LogP contribution in [0.4, 0.5) is 0 Å². The molecule has 16 heavy (non-hydrogen) atoms. The first-order valence-corrected chi connectivity index (χ1v) is 5.51. The van der Waals surface area contributed by atoms with Gasteiger partial charge in [0.15, 0.2) is 11.5 Å². The van der Waals surface area contributed by atoms with Gasteiger partial charge in [0.05, 0.1) is 0 Å². The van der Waals surface area contributed by atoms with Crippen LogP contribution in [-0.2, 0) is 0 Å². The third kappa shape index (κ3) is 3.53. The second-order valence-electron chi connectivity index (χ2n) is 3.70. The smallest absolute Gasteiger partial charge is 0.371 e. The molecule has 0 unspecified atom stereocenters. The van der Waals surface area contributed by atoms with Crippen LogP contribution < -0.4 is 0 Å². The summed E-state index contributed by atoms with van der Waals surface area (Å²) in [5.41, 5.74) is 0. The van der Waals surface area contributed by atoms with Gasteiger partial charge in [0.2, 0.25) is 5.76 Å². The first-order valence-electron chi connectivity index (χ1n) is 5.51. The largest absolute Gasteiger partial charge is 0.475 e. The molecule has 0 spiro atoms. The van der Waals surface area contributed by atoms with E-state index >= 15 is 0 Å². The molecule has 0 aliphatic rings. The van der Waals surface area contributed by atoms with Gasteiger partial charge in [-0.2, -0.15) is 0 Å². The summed E-state index contributed by atoms with van der Waals surface area (Å²) >= 11 is 0. The van der Waals surface area contributed by atoms with Gasteiger partial charge >= 0.3 is 5.97 Å². The monoisotopic (exact) mass is 224 g/mol. The highest BCUT2D eigenvalue weighted by Crippen LogP contribution is 2.12. The average Bonchev–Trinajstić information content (AvgIpc) is 2.73. The van der Waals surface area contributed by atoms with Crippen molar-refractivity contribution in [2.45, 2.75) is 39.0 Å². The Morgan fingerprint density at radius 3 is 2.44 bits per heavy atom. The molecule has 0 saturated carbocycles. The predicted molar refractivity (Wildman–Crippen MR) is 58.8 cm³/mol. The maximum absolute atomic E-state index is 11.6. The number of unbranched alkanes of at least 4 members (excludes halogenated alkanes) is 3. The molecule has 0 aliphatic carbocycles. The van der Waals surface area contributed by atoms with E-state index in [2.05, 4.69) is 6.92 Å². The lowest BCUT2D eigenvalue weighted by Gasteiger charge is -1.97. The van der Waals surface area contributed by atoms with Crippen molar-refractivity contribution in [3.63, 3.8) is 0 Å². The molecule has 0 bridgehead atoms. The summed E-state index contributed by atoms with van der Waals surface area (Å²) < 4.78 is 4.91. The predicted octanol–water partition coefficient (Wildman–Crippen LogP) is 3.13. The van der Waals surface area contributed by atoms with E-state index in [9.17, 15) is 9.59 Å². The molecule has 4 heteroatoms. The molecule has 4 nitrogen and oxygen atoms in total. The van der Waals surface area contributed by atoms with E-state index < -0.39 is 5.97 Å². The number of rotatable bonds is 7. The lowest BCUT2D eigenvalue weighted by Crippen LogP contribution is -1.97. The molecular weight excluding hydrogens is 208 g/mol. The number of aromatic carboxylic acids is 1. The van der Waals surface area contributed by atoms with Gasteiger partial charge in [-0.25, -0.2) is 4.79 Å². The van der Waals surface area contributed by atoms with Crippen molar-refractivity contribution in [3.8, 4) is 0 Å². The van der Waals surface area contributed by atoms with Crippen molar-refractivity contribution < 1.29 is 19.1 Å². The summed E-state index contributed by atoms with van der Waals surface area (Å²) in [7, 11) is 0. The van der Waals surface area contributed by atoms with Crippen LogP contribution in [0.5, 0.6) is 0 Å². The van der Waals surface area contributed by atoms with Gasteiger partial charge in [-0.3, -0.25) is 4.79 Å². The average molecular weight is 224 g/mol. The topological polar surface area (TPSA) is 67.5 Å². The first kappa shape index (κ1) is 12.5. The fraction of sp³-hybridized carbons (Fsp3) is 0.500. The normalized spacial score (nSPS) is 10.3. The number of carbonyl (C=O) groups is 2. The highest BCUT2D eigenvalue weighted by Gasteiger charge is 2.14. The SMILES string of the molecule is CCCCCCC(=O)c1ccc(C(=O)O)o1. The van der Waals surface area contributed by atoms with Crippen LogP contribution in [0.15, 0.2) is 16.5 Å². The molecule has 1 rings (SSSR count). The van der Waals surface area contributed by atoms with Gasteiger partial charge in [0, 0.05) is 6.42 Å². The summed E-state index contributed by atoms with van der Waals surface area (Å²) in [6.45, 7) is 2.10. The number of carboxylic acid groups (broad SMARTS) is 1. The quantitative estimate of drug-likeness (QED) is 0.570. The summed E-state index contributed by atoms with van der Waals surface area (Å²) in [5.74, 6) is -1.31. The van der Waals surface area contributed by atoms with Gasteiger partial charge in [-0.05, 0) is 18.6 Å². The zero-order chi connectivity index (χ0) is 12.0. The van der Waals surface area contributed by atoms with Crippen LogP contribution in [0.3, 0.4) is 0 Å². The minimum absolute atomic E-state index is 0.122. The van der Waals surface area contributed by atoms with E-state index in [0.717, 1.165) is 25.7 Å².